The summed E-state index contributed by atoms with van der Waals surface area (Å²) >= 11 is 0. The van der Waals surface area contributed by atoms with Crippen LogP contribution in [-0.4, -0.2) is 71.2 Å². The summed E-state index contributed by atoms with van der Waals surface area (Å²) in [4.78, 5) is 26.4. The van der Waals surface area contributed by atoms with Gasteiger partial charge in [0.05, 0.1) is 13.2 Å². The van der Waals surface area contributed by atoms with Crippen LogP contribution in [0.15, 0.2) is 11.8 Å². The Kier molecular flexibility index (Phi) is 7.36. The van der Waals surface area contributed by atoms with E-state index in [1.54, 1.807) is 0 Å². The molecule has 1 aliphatic rings. The van der Waals surface area contributed by atoms with Crippen LogP contribution in [-0.2, 0) is 9.59 Å². The monoisotopic (exact) mass is 310 g/mol. The minimum atomic E-state index is -0.525. The summed E-state index contributed by atoms with van der Waals surface area (Å²) in [5.41, 5.74) is 5.21. The molecular weight excluding hydrogens is 288 g/mol. The Hall–Kier alpha value is -2.11. The number of nitrogens with zero attached hydrogens (tertiary/aromatic N) is 3. The lowest BCUT2D eigenvalue weighted by Gasteiger charge is -2.30. The third kappa shape index (κ3) is 5.02. The fraction of sp³-hybridized carbons (Fsp3) is 0.643. The average Bonchev–Trinajstić information content (AvgIpc) is 2.52. The second-order valence-electron chi connectivity index (χ2n) is 5.11. The van der Waals surface area contributed by atoms with Gasteiger partial charge in [0.2, 0.25) is 5.91 Å². The van der Waals surface area contributed by atoms with Crippen molar-refractivity contribution in [3.63, 3.8) is 0 Å². The van der Waals surface area contributed by atoms with E-state index in [-0.39, 0.29) is 43.7 Å². The van der Waals surface area contributed by atoms with Crippen LogP contribution in [0, 0.1) is 17.2 Å². The molecule has 0 bridgehead atoms. The van der Waals surface area contributed by atoms with Crippen LogP contribution in [0.3, 0.4) is 0 Å². The topological polar surface area (TPSA) is 131 Å². The lowest BCUT2D eigenvalue weighted by atomic mass is 9.96. The van der Waals surface area contributed by atoms with Gasteiger partial charge >= 0.3 is 0 Å². The van der Waals surface area contributed by atoms with Gasteiger partial charge in [-0.2, -0.15) is 5.26 Å². The minimum Gasteiger partial charge on any atom is -0.395 e. The Morgan fingerprint density at radius 2 is 1.82 bits per heavy atom. The van der Waals surface area contributed by atoms with Crippen molar-refractivity contribution in [3.8, 4) is 6.07 Å². The van der Waals surface area contributed by atoms with Crippen molar-refractivity contribution in [1.82, 2.24) is 9.80 Å². The first-order chi connectivity index (χ1) is 10.5. The average molecular weight is 310 g/mol. The molecule has 0 saturated carbocycles. The van der Waals surface area contributed by atoms with E-state index in [4.69, 9.17) is 21.2 Å². The predicted molar refractivity (Wildman–Crippen MR) is 77.9 cm³/mol. The molecule has 0 aromatic carbocycles. The second kappa shape index (κ2) is 9.02. The fourth-order valence-electron chi connectivity index (χ4n) is 2.35. The van der Waals surface area contributed by atoms with Gasteiger partial charge in [0.15, 0.2) is 0 Å². The van der Waals surface area contributed by atoms with E-state index in [9.17, 15) is 9.59 Å². The Balaban J connectivity index is 2.72. The normalized spacial score (nSPS) is 16.2. The van der Waals surface area contributed by atoms with Gasteiger partial charge in [-0.05, 0) is 12.8 Å². The first kappa shape index (κ1) is 17.9. The number of nitrogens with two attached hydrogens (primary N) is 1. The number of carbonyl (C=O) groups excluding carboxylic acids is 2. The summed E-state index contributed by atoms with van der Waals surface area (Å²) in [6.45, 7) is 0.728. The summed E-state index contributed by atoms with van der Waals surface area (Å²) in [6, 6.07) is 1.85. The van der Waals surface area contributed by atoms with Crippen molar-refractivity contribution in [2.24, 2.45) is 11.7 Å². The van der Waals surface area contributed by atoms with Crippen molar-refractivity contribution >= 4 is 11.8 Å². The standard InChI is InChI=1S/C14H22N4O4/c15-9-12(14(22)18(5-7-19)6-8-20)10-17-3-1-11(2-4-17)13(16)21/h10-11,19-20H,1-8H2,(H2,16,21)/b12-10-. The highest BCUT2D eigenvalue weighted by Gasteiger charge is 2.24. The lowest BCUT2D eigenvalue weighted by molar-refractivity contribution is -0.128. The van der Waals surface area contributed by atoms with Gasteiger partial charge in [-0.15, -0.1) is 0 Å². The van der Waals surface area contributed by atoms with Gasteiger partial charge < -0.3 is 25.7 Å². The Bertz CT molecular complexity index is 458. The fourth-order valence-corrected chi connectivity index (χ4v) is 2.35. The van der Waals surface area contributed by atoms with Crippen LogP contribution < -0.4 is 5.73 Å². The molecule has 1 fully saturated rings. The Morgan fingerprint density at radius 1 is 1.27 bits per heavy atom. The van der Waals surface area contributed by atoms with Gasteiger partial charge in [-0.25, -0.2) is 0 Å². The summed E-state index contributed by atoms with van der Waals surface area (Å²) < 4.78 is 0. The van der Waals surface area contributed by atoms with Crippen LogP contribution >= 0.6 is 0 Å². The summed E-state index contributed by atoms with van der Waals surface area (Å²) in [5.74, 6) is -1.01. The molecule has 0 aliphatic carbocycles. The molecule has 0 aromatic heterocycles. The number of amides is 2. The van der Waals surface area contributed by atoms with Gasteiger partial charge in [0, 0.05) is 38.3 Å². The van der Waals surface area contributed by atoms with Gasteiger partial charge in [0.25, 0.3) is 5.91 Å². The smallest absolute Gasteiger partial charge is 0.266 e. The number of likely N-dealkylation sites (tertiary alicyclic amines) is 1. The van der Waals surface area contributed by atoms with E-state index in [2.05, 4.69) is 0 Å². The number of nitriles is 1. The molecule has 0 atom stereocenters. The van der Waals surface area contributed by atoms with E-state index in [1.807, 2.05) is 11.0 Å². The third-order valence-corrected chi connectivity index (χ3v) is 3.62. The van der Waals surface area contributed by atoms with Crippen molar-refractivity contribution in [2.45, 2.75) is 12.8 Å². The first-order valence-electron chi connectivity index (χ1n) is 7.19. The number of hydrogen-bond acceptors (Lipinski definition) is 6. The highest BCUT2D eigenvalue weighted by molar-refractivity contribution is 5.97. The predicted octanol–water partition coefficient (Wildman–Crippen LogP) is -1.60. The molecule has 1 saturated heterocycles. The number of rotatable bonds is 7. The van der Waals surface area contributed by atoms with E-state index in [1.165, 1.54) is 11.1 Å². The maximum atomic E-state index is 12.2. The highest BCUT2D eigenvalue weighted by Crippen LogP contribution is 2.17. The van der Waals surface area contributed by atoms with Crippen molar-refractivity contribution in [1.29, 1.82) is 5.26 Å². The van der Waals surface area contributed by atoms with Crippen LogP contribution in [0.4, 0.5) is 0 Å². The van der Waals surface area contributed by atoms with E-state index in [0.29, 0.717) is 25.9 Å². The molecule has 0 aromatic rings. The zero-order valence-corrected chi connectivity index (χ0v) is 12.4. The molecule has 8 nitrogen and oxygen atoms in total. The molecule has 0 spiro atoms. The second-order valence-corrected chi connectivity index (χ2v) is 5.11. The molecule has 2 amide bonds. The van der Waals surface area contributed by atoms with Crippen molar-refractivity contribution in [3.05, 3.63) is 11.8 Å². The third-order valence-electron chi connectivity index (χ3n) is 3.62. The van der Waals surface area contributed by atoms with Crippen LogP contribution in [0.25, 0.3) is 0 Å². The van der Waals surface area contributed by atoms with E-state index in [0.717, 1.165) is 0 Å². The first-order valence-corrected chi connectivity index (χ1v) is 7.19. The minimum absolute atomic E-state index is 0.0561. The molecule has 1 heterocycles. The number of aliphatic hydroxyl groups is 2. The zero-order chi connectivity index (χ0) is 16.5. The van der Waals surface area contributed by atoms with E-state index >= 15 is 0 Å². The van der Waals surface area contributed by atoms with Crippen LogP contribution in [0.2, 0.25) is 0 Å². The maximum absolute atomic E-state index is 12.2. The summed E-state index contributed by atoms with van der Waals surface area (Å²) in [6.07, 6.45) is 2.66. The number of carbonyl (C=O) groups is 2. The number of primary amides is 1. The number of hydrogen-bond donors (Lipinski definition) is 3. The molecule has 4 N–H and O–H groups in total. The largest absolute Gasteiger partial charge is 0.395 e. The maximum Gasteiger partial charge on any atom is 0.266 e. The van der Waals surface area contributed by atoms with Gasteiger partial charge in [0.1, 0.15) is 11.6 Å². The molecule has 122 valence electrons. The number of aliphatic hydroxyl groups excluding tert-OH is 2. The SMILES string of the molecule is N#C/C(=C/N1CCC(C(N)=O)CC1)C(=O)N(CCO)CCO. The van der Waals surface area contributed by atoms with Crippen molar-refractivity contribution < 1.29 is 19.8 Å². The van der Waals surface area contributed by atoms with Gasteiger partial charge in [-0.3, -0.25) is 9.59 Å². The Labute approximate surface area is 129 Å². The zero-order valence-electron chi connectivity index (χ0n) is 12.4. The van der Waals surface area contributed by atoms with Crippen LogP contribution in [0.1, 0.15) is 12.8 Å². The molecule has 0 unspecified atom stereocenters. The summed E-state index contributed by atoms with van der Waals surface area (Å²) in [5, 5.41) is 27.0. The molecule has 1 rings (SSSR count). The van der Waals surface area contributed by atoms with Crippen LogP contribution in [0.5, 0.6) is 0 Å². The Morgan fingerprint density at radius 3 is 2.23 bits per heavy atom. The lowest BCUT2D eigenvalue weighted by Crippen LogP contribution is -2.39. The van der Waals surface area contributed by atoms with Crippen molar-refractivity contribution in [2.75, 3.05) is 39.4 Å². The molecule has 22 heavy (non-hydrogen) atoms. The number of piperidine rings is 1. The van der Waals surface area contributed by atoms with Gasteiger partial charge in [-0.1, -0.05) is 0 Å². The molecule has 8 heteroatoms. The quantitative estimate of drug-likeness (QED) is 0.383. The molecule has 1 aliphatic heterocycles. The van der Waals surface area contributed by atoms with E-state index < -0.39 is 5.91 Å². The highest BCUT2D eigenvalue weighted by atomic mass is 16.3. The molecular formula is C14H22N4O4. The molecule has 0 radical (unpaired) electrons. The summed E-state index contributed by atoms with van der Waals surface area (Å²) in [7, 11) is 0.